The molecule has 0 saturated carbocycles. The number of esters is 1. The molecule has 5 nitrogen and oxygen atoms in total. The van der Waals surface area contributed by atoms with Crippen LogP contribution >= 0.6 is 46.6 Å². The van der Waals surface area contributed by atoms with Crippen LogP contribution in [-0.4, -0.2) is 50.9 Å². The maximum atomic E-state index is 12.3. The molecule has 2 heterocycles. The molecule has 20 heavy (non-hydrogen) atoms. The van der Waals surface area contributed by atoms with Crippen LogP contribution in [0.15, 0.2) is 12.7 Å². The van der Waals surface area contributed by atoms with Gasteiger partial charge in [0, 0.05) is 12.3 Å². The van der Waals surface area contributed by atoms with E-state index in [2.05, 4.69) is 6.58 Å². The Morgan fingerprint density at radius 1 is 1.60 bits per heavy atom. The first-order valence-corrected chi connectivity index (χ1v) is 8.13. The van der Waals surface area contributed by atoms with Crippen molar-refractivity contribution in [3.8, 4) is 0 Å². The number of hydrogen-bond donors (Lipinski definition) is 1. The minimum Gasteiger partial charge on any atom is -0.442 e. The SMILES string of the molecule is C=CC1(C(=O)OC(Cl)C(Cl)Cl)CS[C@@H]2C(N)C(=O)N2C1. The van der Waals surface area contributed by atoms with Crippen molar-refractivity contribution >= 4 is 58.4 Å². The van der Waals surface area contributed by atoms with Crippen molar-refractivity contribution in [1.82, 2.24) is 4.90 Å². The van der Waals surface area contributed by atoms with Crippen LogP contribution in [0.2, 0.25) is 0 Å². The van der Waals surface area contributed by atoms with Gasteiger partial charge in [0.15, 0.2) is 4.84 Å². The zero-order chi connectivity index (χ0) is 15.1. The highest BCUT2D eigenvalue weighted by Gasteiger charge is 2.55. The smallest absolute Gasteiger partial charge is 0.320 e. The Balaban J connectivity index is 2.09. The number of amides is 1. The summed E-state index contributed by atoms with van der Waals surface area (Å²) in [6, 6.07) is -0.505. The Hall–Kier alpha value is -0.140. The van der Waals surface area contributed by atoms with E-state index in [-0.39, 0.29) is 17.8 Å². The molecule has 1 amide bonds. The highest BCUT2D eigenvalue weighted by molar-refractivity contribution is 8.00. The number of carbonyl (C=O) groups is 2. The maximum absolute atomic E-state index is 12.3. The largest absolute Gasteiger partial charge is 0.442 e. The van der Waals surface area contributed by atoms with Gasteiger partial charge in [0.1, 0.15) is 16.8 Å². The van der Waals surface area contributed by atoms with Gasteiger partial charge in [-0.25, -0.2) is 0 Å². The fourth-order valence-corrected chi connectivity index (χ4v) is 3.76. The van der Waals surface area contributed by atoms with Crippen LogP contribution in [0.5, 0.6) is 0 Å². The van der Waals surface area contributed by atoms with Crippen molar-refractivity contribution in [1.29, 1.82) is 0 Å². The van der Waals surface area contributed by atoms with Gasteiger partial charge in [-0.05, 0) is 0 Å². The van der Waals surface area contributed by atoms with E-state index in [0.717, 1.165) is 0 Å². The number of hydrogen-bond acceptors (Lipinski definition) is 5. The number of ether oxygens (including phenoxy) is 1. The van der Waals surface area contributed by atoms with Gasteiger partial charge in [-0.3, -0.25) is 9.59 Å². The number of nitrogens with two attached hydrogens (primary N) is 1. The van der Waals surface area contributed by atoms with E-state index < -0.39 is 27.8 Å². The van der Waals surface area contributed by atoms with Gasteiger partial charge in [0.05, 0.1) is 0 Å². The molecule has 2 saturated heterocycles. The lowest BCUT2D eigenvalue weighted by molar-refractivity contribution is -0.159. The zero-order valence-corrected chi connectivity index (χ0v) is 13.4. The van der Waals surface area contributed by atoms with Crippen LogP contribution in [0.1, 0.15) is 0 Å². The number of alkyl halides is 3. The number of nitrogens with zero attached hydrogens (tertiary/aromatic N) is 1. The van der Waals surface area contributed by atoms with Gasteiger partial charge in [-0.15, -0.1) is 18.3 Å². The molecular formula is C11H13Cl3N2O3S. The molecule has 0 aliphatic carbocycles. The van der Waals surface area contributed by atoms with Gasteiger partial charge in [0.2, 0.25) is 11.5 Å². The number of β-lactam (4-membered cyclic amide) rings is 1. The van der Waals surface area contributed by atoms with E-state index >= 15 is 0 Å². The molecule has 0 spiro atoms. The first-order chi connectivity index (χ1) is 9.32. The van der Waals surface area contributed by atoms with E-state index in [0.29, 0.717) is 5.75 Å². The first kappa shape index (κ1) is 16.2. The minimum atomic E-state index is -1.15. The van der Waals surface area contributed by atoms with Crippen LogP contribution in [0.25, 0.3) is 0 Å². The highest BCUT2D eigenvalue weighted by atomic mass is 35.5. The van der Waals surface area contributed by atoms with Crippen LogP contribution in [0, 0.1) is 5.41 Å². The van der Waals surface area contributed by atoms with Gasteiger partial charge in [-0.2, -0.15) is 0 Å². The Bertz CT molecular complexity index is 451. The Labute approximate surface area is 135 Å². The number of thioether (sulfide) groups is 1. The predicted octanol–water partition coefficient (Wildman–Crippen LogP) is 1.31. The molecule has 2 N–H and O–H groups in total. The zero-order valence-electron chi connectivity index (χ0n) is 10.3. The third-order valence-corrected chi connectivity index (χ3v) is 5.99. The standard InChI is InChI=1S/C11H13Cl3N2O3S/c1-2-11(10(18)19-7(14)6(12)13)3-16-8(17)5(15)9(16)20-4-11/h2,5-7,9H,1,3-4,15H2/t5?,7?,9-,11?/m1/s1. The monoisotopic (exact) mass is 358 g/mol. The lowest BCUT2D eigenvalue weighted by Gasteiger charge is -2.52. The van der Waals surface area contributed by atoms with Crippen molar-refractivity contribution < 1.29 is 14.3 Å². The number of rotatable bonds is 4. The third kappa shape index (κ3) is 2.64. The maximum Gasteiger partial charge on any atom is 0.320 e. The molecule has 3 unspecified atom stereocenters. The normalized spacial score (nSPS) is 34.2. The van der Waals surface area contributed by atoms with Crippen LogP contribution in [0.3, 0.4) is 0 Å². The first-order valence-electron chi connectivity index (χ1n) is 5.77. The summed E-state index contributed by atoms with van der Waals surface area (Å²) in [6.07, 6.45) is 1.47. The third-order valence-electron chi connectivity index (χ3n) is 3.36. The topological polar surface area (TPSA) is 72.6 Å². The molecule has 0 aromatic rings. The Kier molecular flexibility index (Phi) is 4.81. The summed E-state index contributed by atoms with van der Waals surface area (Å²) in [6.45, 7) is 3.84. The van der Waals surface area contributed by atoms with Crippen molar-refractivity contribution in [3.05, 3.63) is 12.7 Å². The molecule has 2 fully saturated rings. The van der Waals surface area contributed by atoms with Crippen molar-refractivity contribution in [3.63, 3.8) is 0 Å². The average Bonchev–Trinajstić information content (AvgIpc) is 2.45. The van der Waals surface area contributed by atoms with E-state index in [1.54, 1.807) is 4.90 Å². The van der Waals surface area contributed by atoms with Crippen LogP contribution < -0.4 is 5.73 Å². The molecule has 2 aliphatic rings. The summed E-state index contributed by atoms with van der Waals surface area (Å²) >= 11 is 18.2. The summed E-state index contributed by atoms with van der Waals surface area (Å²) < 4.78 is 5.02. The van der Waals surface area contributed by atoms with Crippen molar-refractivity contribution in [2.45, 2.75) is 21.8 Å². The van der Waals surface area contributed by atoms with E-state index in [9.17, 15) is 9.59 Å². The molecule has 0 aromatic carbocycles. The Morgan fingerprint density at radius 2 is 2.25 bits per heavy atom. The quantitative estimate of drug-likeness (QED) is 0.355. The number of fused-ring (bicyclic) bond motifs is 1. The number of carbonyl (C=O) groups excluding carboxylic acids is 2. The fourth-order valence-electron chi connectivity index (χ4n) is 2.10. The predicted molar refractivity (Wildman–Crippen MR) is 79.8 cm³/mol. The van der Waals surface area contributed by atoms with Crippen LogP contribution in [-0.2, 0) is 14.3 Å². The molecule has 0 radical (unpaired) electrons. The van der Waals surface area contributed by atoms with Gasteiger partial charge in [-0.1, -0.05) is 40.9 Å². The summed E-state index contributed by atoms with van der Waals surface area (Å²) in [7, 11) is 0. The molecular weight excluding hydrogens is 347 g/mol. The highest BCUT2D eigenvalue weighted by Crippen LogP contribution is 2.42. The molecule has 4 atom stereocenters. The average molecular weight is 360 g/mol. The second kappa shape index (κ2) is 5.93. The lowest BCUT2D eigenvalue weighted by atomic mass is 9.87. The molecule has 2 rings (SSSR count). The van der Waals surface area contributed by atoms with Gasteiger partial charge >= 0.3 is 5.97 Å². The molecule has 0 aromatic heterocycles. The van der Waals surface area contributed by atoms with Crippen molar-refractivity contribution in [2.75, 3.05) is 12.3 Å². The molecule has 0 bridgehead atoms. The second-order valence-electron chi connectivity index (χ2n) is 4.64. The van der Waals surface area contributed by atoms with Crippen LogP contribution in [0.4, 0.5) is 0 Å². The summed E-state index contributed by atoms with van der Waals surface area (Å²) in [4.78, 5) is 24.4. The van der Waals surface area contributed by atoms with Gasteiger partial charge in [0.25, 0.3) is 0 Å². The molecule has 112 valence electrons. The van der Waals surface area contributed by atoms with E-state index in [1.807, 2.05) is 0 Å². The van der Waals surface area contributed by atoms with Gasteiger partial charge < -0.3 is 15.4 Å². The van der Waals surface area contributed by atoms with Crippen molar-refractivity contribution in [2.24, 2.45) is 11.1 Å². The van der Waals surface area contributed by atoms with E-state index in [4.69, 9.17) is 45.3 Å². The second-order valence-corrected chi connectivity index (χ2v) is 7.34. The lowest BCUT2D eigenvalue weighted by Crippen LogP contribution is -2.72. The number of halogens is 3. The summed E-state index contributed by atoms with van der Waals surface area (Å²) in [5.74, 6) is -0.370. The van der Waals surface area contributed by atoms with E-state index in [1.165, 1.54) is 17.8 Å². The summed E-state index contributed by atoms with van der Waals surface area (Å²) in [5, 5.41) is -0.0935. The molecule has 2 aliphatic heterocycles. The minimum absolute atomic E-state index is 0.0935. The summed E-state index contributed by atoms with van der Waals surface area (Å²) in [5.41, 5.74) is 3.52. The molecule has 9 heteroatoms. The fraction of sp³-hybridized carbons (Fsp3) is 0.636. The Morgan fingerprint density at radius 3 is 2.80 bits per heavy atom.